The normalized spacial score (nSPS) is 27.5. The second kappa shape index (κ2) is 4.73. The van der Waals surface area contributed by atoms with Crippen LogP contribution in [-0.4, -0.2) is 25.2 Å². The molecule has 1 aliphatic rings. The number of likely N-dealkylation sites (N-methyl/N-ethyl adjacent to an activating group) is 1. The molecule has 2 N–H and O–H groups in total. The summed E-state index contributed by atoms with van der Waals surface area (Å²) in [4.78, 5) is 0. The van der Waals surface area contributed by atoms with Crippen molar-refractivity contribution in [1.29, 1.82) is 0 Å². The quantitative estimate of drug-likeness (QED) is 0.602. The molecule has 0 aromatic heterocycles. The minimum absolute atomic E-state index is 0.355. The van der Waals surface area contributed by atoms with E-state index in [0.717, 1.165) is 6.54 Å². The summed E-state index contributed by atoms with van der Waals surface area (Å²) in [5.74, 6) is 0. The van der Waals surface area contributed by atoms with Crippen molar-refractivity contribution >= 4 is 0 Å². The van der Waals surface area contributed by atoms with E-state index >= 15 is 0 Å². The van der Waals surface area contributed by atoms with Gasteiger partial charge in [-0.3, -0.25) is 0 Å². The fourth-order valence-electron chi connectivity index (χ4n) is 1.36. The van der Waals surface area contributed by atoms with Gasteiger partial charge in [-0.2, -0.15) is 0 Å². The summed E-state index contributed by atoms with van der Waals surface area (Å²) in [5, 5.41) is 6.69. The van der Waals surface area contributed by atoms with Gasteiger partial charge in [-0.1, -0.05) is 13.8 Å². The Hall–Kier alpha value is -0.0800. The molecule has 11 heavy (non-hydrogen) atoms. The Kier molecular flexibility index (Phi) is 4.69. The first-order valence-corrected chi connectivity index (χ1v) is 4.56. The first kappa shape index (κ1) is 10.9. The molecule has 0 spiro atoms. The summed E-state index contributed by atoms with van der Waals surface area (Å²) in [6.07, 6.45) is 1.24. The zero-order chi connectivity index (χ0) is 8.91. The number of rotatable bonds is 1. The molecule has 1 heterocycles. The van der Waals surface area contributed by atoms with Crippen LogP contribution >= 0.6 is 0 Å². The van der Waals surface area contributed by atoms with E-state index in [4.69, 9.17) is 0 Å². The Balaban J connectivity index is 0.000000461. The molecule has 68 valence electrons. The minimum atomic E-state index is 0.355. The molecule has 1 unspecified atom stereocenters. The van der Waals surface area contributed by atoms with Crippen LogP contribution in [0.25, 0.3) is 0 Å². The van der Waals surface area contributed by atoms with Crippen LogP contribution in [0.5, 0.6) is 0 Å². The van der Waals surface area contributed by atoms with E-state index in [2.05, 4.69) is 24.5 Å². The van der Waals surface area contributed by atoms with Crippen LogP contribution in [0.4, 0.5) is 0 Å². The van der Waals surface area contributed by atoms with E-state index in [0.29, 0.717) is 11.6 Å². The molecule has 0 aromatic carbocycles. The van der Waals surface area contributed by atoms with Crippen LogP contribution in [-0.2, 0) is 0 Å². The molecule has 1 atom stereocenters. The highest BCUT2D eigenvalue weighted by Gasteiger charge is 2.28. The van der Waals surface area contributed by atoms with Gasteiger partial charge in [0.05, 0.1) is 0 Å². The van der Waals surface area contributed by atoms with Crippen molar-refractivity contribution in [2.45, 2.75) is 45.7 Å². The fourth-order valence-corrected chi connectivity index (χ4v) is 1.36. The van der Waals surface area contributed by atoms with Gasteiger partial charge in [-0.25, -0.2) is 0 Å². The lowest BCUT2D eigenvalue weighted by atomic mass is 10.0. The summed E-state index contributed by atoms with van der Waals surface area (Å²) in [6, 6.07) is 0.681. The highest BCUT2D eigenvalue weighted by atomic mass is 15.1. The van der Waals surface area contributed by atoms with Crippen molar-refractivity contribution in [3.05, 3.63) is 0 Å². The molecule has 0 amide bonds. The average molecular weight is 158 g/mol. The summed E-state index contributed by atoms with van der Waals surface area (Å²) in [7, 11) is 2.02. The molecule has 1 fully saturated rings. The van der Waals surface area contributed by atoms with Gasteiger partial charge >= 0.3 is 0 Å². The lowest BCUT2D eigenvalue weighted by molar-refractivity contribution is 0.448. The van der Waals surface area contributed by atoms with Crippen LogP contribution in [0.15, 0.2) is 0 Å². The number of hydrogen-bond acceptors (Lipinski definition) is 2. The maximum atomic E-state index is 3.43. The van der Waals surface area contributed by atoms with Gasteiger partial charge in [0, 0.05) is 18.1 Å². The zero-order valence-corrected chi connectivity index (χ0v) is 8.49. The Bertz CT molecular complexity index is 99.7. The minimum Gasteiger partial charge on any atom is -0.316 e. The second-order valence-corrected chi connectivity index (χ2v) is 3.45. The molecule has 0 bridgehead atoms. The van der Waals surface area contributed by atoms with Crippen LogP contribution in [0.1, 0.15) is 34.1 Å². The molecule has 2 heteroatoms. The molecule has 0 aromatic rings. The maximum absolute atomic E-state index is 3.43. The molecule has 1 rings (SSSR count). The van der Waals surface area contributed by atoms with Crippen LogP contribution < -0.4 is 10.6 Å². The van der Waals surface area contributed by atoms with Crippen LogP contribution in [0, 0.1) is 0 Å². The van der Waals surface area contributed by atoms with E-state index in [1.807, 2.05) is 20.9 Å². The molecule has 0 aliphatic carbocycles. The van der Waals surface area contributed by atoms with Gasteiger partial charge in [-0.15, -0.1) is 0 Å². The van der Waals surface area contributed by atoms with Gasteiger partial charge in [0.15, 0.2) is 0 Å². The lowest BCUT2D eigenvalue weighted by Gasteiger charge is -2.16. The van der Waals surface area contributed by atoms with E-state index in [1.165, 1.54) is 6.42 Å². The predicted octanol–water partition coefficient (Wildman–Crippen LogP) is 1.37. The highest BCUT2D eigenvalue weighted by molar-refractivity contribution is 4.92. The van der Waals surface area contributed by atoms with Gasteiger partial charge in [-0.05, 0) is 27.3 Å². The molecular weight excluding hydrogens is 136 g/mol. The monoisotopic (exact) mass is 158 g/mol. The SMILES string of the molecule is CC.CNC1CNC(C)(C)C1. The van der Waals surface area contributed by atoms with Gasteiger partial charge in [0.2, 0.25) is 0 Å². The third-order valence-electron chi connectivity index (χ3n) is 1.99. The fraction of sp³-hybridized carbons (Fsp3) is 1.00. The van der Waals surface area contributed by atoms with E-state index < -0.39 is 0 Å². The Labute approximate surface area is 70.8 Å². The summed E-state index contributed by atoms with van der Waals surface area (Å²) in [6.45, 7) is 9.60. The van der Waals surface area contributed by atoms with Crippen LogP contribution in [0.2, 0.25) is 0 Å². The van der Waals surface area contributed by atoms with Gasteiger partial charge in [0.1, 0.15) is 0 Å². The highest BCUT2D eigenvalue weighted by Crippen LogP contribution is 2.16. The van der Waals surface area contributed by atoms with Crippen molar-refractivity contribution in [2.24, 2.45) is 0 Å². The topological polar surface area (TPSA) is 24.1 Å². The molecule has 1 aliphatic heterocycles. The molecule has 2 nitrogen and oxygen atoms in total. The predicted molar refractivity (Wildman–Crippen MR) is 50.9 cm³/mol. The van der Waals surface area contributed by atoms with Crippen molar-refractivity contribution in [3.63, 3.8) is 0 Å². The summed E-state index contributed by atoms with van der Waals surface area (Å²) < 4.78 is 0. The largest absolute Gasteiger partial charge is 0.316 e. The molecule has 0 saturated carbocycles. The van der Waals surface area contributed by atoms with E-state index in [-0.39, 0.29) is 0 Å². The lowest BCUT2D eigenvalue weighted by Crippen LogP contribution is -2.31. The first-order valence-electron chi connectivity index (χ1n) is 4.56. The van der Waals surface area contributed by atoms with E-state index in [1.54, 1.807) is 0 Å². The van der Waals surface area contributed by atoms with Gasteiger partial charge in [0.25, 0.3) is 0 Å². The Morgan fingerprint density at radius 2 is 1.91 bits per heavy atom. The van der Waals surface area contributed by atoms with Crippen molar-refractivity contribution < 1.29 is 0 Å². The molecular formula is C9H22N2. The standard InChI is InChI=1S/C7H16N2.C2H6/c1-7(2)4-6(8-3)5-9-7;1-2/h6,8-9H,4-5H2,1-3H3;1-2H3. The Morgan fingerprint density at radius 1 is 1.36 bits per heavy atom. The number of nitrogens with one attached hydrogen (secondary N) is 2. The average Bonchev–Trinajstić information content (AvgIpc) is 2.34. The zero-order valence-electron chi connectivity index (χ0n) is 8.49. The smallest absolute Gasteiger partial charge is 0.0207 e. The molecule has 1 saturated heterocycles. The van der Waals surface area contributed by atoms with Crippen molar-refractivity contribution in [2.75, 3.05) is 13.6 Å². The number of hydrogen-bond donors (Lipinski definition) is 2. The van der Waals surface area contributed by atoms with Crippen molar-refractivity contribution in [1.82, 2.24) is 10.6 Å². The van der Waals surface area contributed by atoms with Crippen LogP contribution in [0.3, 0.4) is 0 Å². The van der Waals surface area contributed by atoms with Gasteiger partial charge < -0.3 is 10.6 Å². The maximum Gasteiger partial charge on any atom is 0.0207 e. The van der Waals surface area contributed by atoms with E-state index in [9.17, 15) is 0 Å². The van der Waals surface area contributed by atoms with Crippen molar-refractivity contribution in [3.8, 4) is 0 Å². The second-order valence-electron chi connectivity index (χ2n) is 3.45. The summed E-state index contributed by atoms with van der Waals surface area (Å²) >= 11 is 0. The first-order chi connectivity index (χ1) is 5.14. The summed E-state index contributed by atoms with van der Waals surface area (Å²) in [5.41, 5.74) is 0.355. The third-order valence-corrected chi connectivity index (χ3v) is 1.99. The third kappa shape index (κ3) is 3.73. The molecule has 0 radical (unpaired) electrons. The Morgan fingerprint density at radius 3 is 2.09 bits per heavy atom.